The number of hydrogen-bond acceptors (Lipinski definition) is 4. The highest BCUT2D eigenvalue weighted by molar-refractivity contribution is 6.35. The van der Waals surface area contributed by atoms with Crippen molar-refractivity contribution in [3.8, 4) is 5.75 Å². The number of ether oxygens (including phenoxy) is 1. The van der Waals surface area contributed by atoms with Crippen LogP contribution in [0.25, 0.3) is 0 Å². The lowest BCUT2D eigenvalue weighted by Gasteiger charge is -2.00. The van der Waals surface area contributed by atoms with Gasteiger partial charge >= 0.3 is 11.8 Å². The van der Waals surface area contributed by atoms with Crippen molar-refractivity contribution in [1.29, 1.82) is 0 Å². The number of likely N-dealkylation sites (N-methyl/N-ethyl adjacent to an activating group) is 1. The molecule has 2 amide bonds. The summed E-state index contributed by atoms with van der Waals surface area (Å²) in [5, 5.41) is 6.04. The molecule has 0 aliphatic carbocycles. The van der Waals surface area contributed by atoms with Crippen molar-refractivity contribution in [3.63, 3.8) is 0 Å². The number of benzene rings is 1. The molecule has 0 fully saturated rings. The lowest BCUT2D eigenvalue weighted by Crippen LogP contribution is -2.37. The molecule has 0 aliphatic rings. The van der Waals surface area contributed by atoms with Crippen molar-refractivity contribution in [3.05, 3.63) is 29.8 Å². The highest BCUT2D eigenvalue weighted by Gasteiger charge is 2.09. The molecule has 18 heavy (non-hydrogen) atoms. The Labute approximate surface area is 105 Å². The van der Waals surface area contributed by atoms with Gasteiger partial charge in [0.2, 0.25) is 0 Å². The van der Waals surface area contributed by atoms with Gasteiger partial charge in [-0.1, -0.05) is 0 Å². The molecule has 6 nitrogen and oxygen atoms in total. The lowest BCUT2D eigenvalue weighted by molar-refractivity contribution is -0.139. The van der Waals surface area contributed by atoms with Gasteiger partial charge in [-0.05, 0) is 36.8 Å². The van der Waals surface area contributed by atoms with Crippen LogP contribution in [0.5, 0.6) is 5.75 Å². The van der Waals surface area contributed by atoms with Crippen molar-refractivity contribution < 1.29 is 14.3 Å². The lowest BCUT2D eigenvalue weighted by atomic mass is 10.2. The summed E-state index contributed by atoms with van der Waals surface area (Å²) in [7, 11) is 1.58. The van der Waals surface area contributed by atoms with E-state index in [1.807, 2.05) is 0 Å². The van der Waals surface area contributed by atoms with Gasteiger partial charge in [-0.3, -0.25) is 9.59 Å². The van der Waals surface area contributed by atoms with Crippen molar-refractivity contribution in [2.45, 2.75) is 6.92 Å². The molecule has 0 spiro atoms. The second-order valence-corrected chi connectivity index (χ2v) is 3.33. The summed E-state index contributed by atoms with van der Waals surface area (Å²) in [4.78, 5) is 22.2. The molecule has 2 N–H and O–H groups in total. The van der Waals surface area contributed by atoms with Crippen LogP contribution >= 0.6 is 0 Å². The summed E-state index contributed by atoms with van der Waals surface area (Å²) in [6.07, 6.45) is 1.44. The van der Waals surface area contributed by atoms with E-state index < -0.39 is 11.8 Å². The van der Waals surface area contributed by atoms with E-state index in [1.165, 1.54) is 6.21 Å². The summed E-state index contributed by atoms with van der Waals surface area (Å²) < 4.78 is 5.00. The van der Waals surface area contributed by atoms with Gasteiger partial charge in [0.25, 0.3) is 0 Å². The van der Waals surface area contributed by atoms with Crippen LogP contribution < -0.4 is 15.5 Å². The van der Waals surface area contributed by atoms with Crippen molar-refractivity contribution in [1.82, 2.24) is 10.7 Å². The maximum absolute atomic E-state index is 11.2. The molecule has 0 saturated carbocycles. The number of hydrazone groups is 1. The average molecular weight is 249 g/mol. The molecular formula is C12H15N3O3. The molecule has 0 saturated heterocycles. The Morgan fingerprint density at radius 3 is 2.50 bits per heavy atom. The first-order valence-electron chi connectivity index (χ1n) is 5.42. The summed E-state index contributed by atoms with van der Waals surface area (Å²) in [5.41, 5.74) is 2.92. The zero-order valence-corrected chi connectivity index (χ0v) is 10.3. The standard InChI is InChI=1S/C12H15N3O3/c1-3-13-11(16)12(17)15-14-8-9-4-6-10(18-2)7-5-9/h4-8H,3H2,1-2H3,(H,13,16)(H,15,17)/b14-8+. The first-order chi connectivity index (χ1) is 8.67. The molecule has 6 heteroatoms. The molecule has 1 aromatic rings. The number of carbonyl (C=O) groups is 2. The van der Waals surface area contributed by atoms with E-state index in [4.69, 9.17) is 4.74 Å². The number of rotatable bonds is 4. The van der Waals surface area contributed by atoms with Crippen LogP contribution in [0, 0.1) is 0 Å². The van der Waals surface area contributed by atoms with Gasteiger partial charge in [0.05, 0.1) is 13.3 Å². The molecule has 0 heterocycles. The molecule has 0 unspecified atom stereocenters. The predicted molar refractivity (Wildman–Crippen MR) is 67.4 cm³/mol. The Balaban J connectivity index is 2.49. The number of nitrogens with zero attached hydrogens (tertiary/aromatic N) is 1. The minimum absolute atomic E-state index is 0.397. The first-order valence-corrected chi connectivity index (χ1v) is 5.42. The van der Waals surface area contributed by atoms with Crippen molar-refractivity contribution >= 4 is 18.0 Å². The molecule has 0 aromatic heterocycles. The highest BCUT2D eigenvalue weighted by Crippen LogP contribution is 2.09. The summed E-state index contributed by atoms with van der Waals surface area (Å²) in [5.74, 6) is -0.760. The van der Waals surface area contributed by atoms with Gasteiger partial charge in [0.1, 0.15) is 5.75 Å². The zero-order valence-electron chi connectivity index (χ0n) is 10.3. The van der Waals surface area contributed by atoms with Gasteiger partial charge in [-0.15, -0.1) is 0 Å². The topological polar surface area (TPSA) is 79.8 Å². The molecule has 1 rings (SSSR count). The summed E-state index contributed by atoms with van der Waals surface area (Å²) in [6.45, 7) is 2.13. The average Bonchev–Trinajstić information content (AvgIpc) is 2.39. The Morgan fingerprint density at radius 1 is 1.28 bits per heavy atom. The Bertz CT molecular complexity index is 440. The second kappa shape index (κ2) is 7.05. The monoisotopic (exact) mass is 249 g/mol. The number of amides is 2. The third-order valence-corrected chi connectivity index (χ3v) is 2.04. The minimum Gasteiger partial charge on any atom is -0.497 e. The van der Waals surface area contributed by atoms with E-state index in [-0.39, 0.29) is 0 Å². The van der Waals surface area contributed by atoms with Crippen LogP contribution in [0.4, 0.5) is 0 Å². The van der Waals surface area contributed by atoms with Crippen LogP contribution in [-0.2, 0) is 9.59 Å². The van der Waals surface area contributed by atoms with Gasteiger partial charge < -0.3 is 10.1 Å². The van der Waals surface area contributed by atoms with E-state index in [1.54, 1.807) is 38.3 Å². The highest BCUT2D eigenvalue weighted by atomic mass is 16.5. The van der Waals surface area contributed by atoms with Crippen LogP contribution in [0.2, 0.25) is 0 Å². The Morgan fingerprint density at radius 2 is 1.94 bits per heavy atom. The normalized spacial score (nSPS) is 10.1. The number of nitrogens with one attached hydrogen (secondary N) is 2. The maximum atomic E-state index is 11.2. The third-order valence-electron chi connectivity index (χ3n) is 2.04. The first kappa shape index (κ1) is 13.7. The van der Waals surface area contributed by atoms with Gasteiger partial charge in [0.15, 0.2) is 0 Å². The molecule has 1 aromatic carbocycles. The van der Waals surface area contributed by atoms with Gasteiger partial charge in [-0.25, -0.2) is 5.43 Å². The molecular weight excluding hydrogens is 234 g/mol. The number of carbonyl (C=O) groups excluding carboxylic acids is 2. The summed E-state index contributed by atoms with van der Waals surface area (Å²) >= 11 is 0. The maximum Gasteiger partial charge on any atom is 0.329 e. The Kier molecular flexibility index (Phi) is 5.37. The molecule has 0 aliphatic heterocycles. The van der Waals surface area contributed by atoms with Crippen LogP contribution in [0.3, 0.4) is 0 Å². The smallest absolute Gasteiger partial charge is 0.329 e. The fourth-order valence-electron chi connectivity index (χ4n) is 1.15. The van der Waals surface area contributed by atoms with E-state index >= 15 is 0 Å². The van der Waals surface area contributed by atoms with E-state index in [2.05, 4.69) is 15.8 Å². The van der Waals surface area contributed by atoms with E-state index in [0.29, 0.717) is 6.54 Å². The largest absolute Gasteiger partial charge is 0.497 e. The van der Waals surface area contributed by atoms with Crippen LogP contribution in [0.1, 0.15) is 12.5 Å². The quantitative estimate of drug-likeness (QED) is 0.457. The molecule has 0 radical (unpaired) electrons. The number of hydrogen-bond donors (Lipinski definition) is 2. The SMILES string of the molecule is CCNC(=O)C(=O)N/N=C/c1ccc(OC)cc1. The van der Waals surface area contributed by atoms with Crippen LogP contribution in [-0.4, -0.2) is 31.7 Å². The van der Waals surface area contributed by atoms with E-state index in [9.17, 15) is 9.59 Å². The fourth-order valence-corrected chi connectivity index (χ4v) is 1.15. The molecule has 0 bridgehead atoms. The zero-order chi connectivity index (χ0) is 13.4. The third kappa shape index (κ3) is 4.25. The van der Waals surface area contributed by atoms with Crippen LogP contribution in [0.15, 0.2) is 29.4 Å². The van der Waals surface area contributed by atoms with Crippen molar-refractivity contribution in [2.24, 2.45) is 5.10 Å². The van der Waals surface area contributed by atoms with Gasteiger partial charge in [-0.2, -0.15) is 5.10 Å². The summed E-state index contributed by atoms with van der Waals surface area (Å²) in [6, 6.07) is 7.10. The fraction of sp³-hybridized carbons (Fsp3) is 0.250. The molecule has 0 atom stereocenters. The number of methoxy groups -OCH3 is 1. The Hall–Kier alpha value is -2.37. The second-order valence-electron chi connectivity index (χ2n) is 3.33. The van der Waals surface area contributed by atoms with E-state index in [0.717, 1.165) is 11.3 Å². The van der Waals surface area contributed by atoms with Gasteiger partial charge in [0, 0.05) is 6.54 Å². The predicted octanol–water partition coefficient (Wildman–Crippen LogP) is 0.281. The van der Waals surface area contributed by atoms with Crippen molar-refractivity contribution in [2.75, 3.05) is 13.7 Å². The minimum atomic E-state index is -0.790. The molecule has 96 valence electrons.